The van der Waals surface area contributed by atoms with Crippen LogP contribution >= 0.6 is 0 Å². The second kappa shape index (κ2) is 5.03. The average molecular weight is 223 g/mol. The van der Waals surface area contributed by atoms with Crippen molar-refractivity contribution in [2.24, 2.45) is 10.1 Å². The number of nitrogens with zero attached hydrogens (tertiary/aromatic N) is 3. The molecule has 1 heterocycles. The molecule has 1 N–H and O–H groups in total. The van der Waals surface area contributed by atoms with Gasteiger partial charge >= 0.3 is 0 Å². The minimum Gasteiger partial charge on any atom is -0.350 e. The van der Waals surface area contributed by atoms with Gasteiger partial charge in [0.25, 0.3) is 0 Å². The van der Waals surface area contributed by atoms with E-state index in [4.69, 9.17) is 0 Å². The molecule has 0 saturated carbocycles. The first-order valence-electron chi connectivity index (χ1n) is 5.33. The van der Waals surface area contributed by atoms with Gasteiger partial charge in [0.1, 0.15) is 6.54 Å². The Morgan fingerprint density at radius 3 is 2.81 bits per heavy atom. The molecular formula is C11H19N4O+. The molecule has 0 radical (unpaired) electrons. The molecule has 0 aliphatic carbocycles. The van der Waals surface area contributed by atoms with Gasteiger partial charge in [0.15, 0.2) is 6.34 Å². The molecule has 1 amide bonds. The van der Waals surface area contributed by atoms with Gasteiger partial charge < -0.3 is 5.32 Å². The van der Waals surface area contributed by atoms with Crippen molar-refractivity contribution >= 4 is 18.6 Å². The van der Waals surface area contributed by atoms with E-state index in [0.717, 1.165) is 13.0 Å². The fraction of sp³-hybridized carbons (Fsp3) is 0.545. The summed E-state index contributed by atoms with van der Waals surface area (Å²) in [5.74, 6) is -0.0891. The Labute approximate surface area is 96.1 Å². The number of nitrogens with one attached hydrogen (secondary N) is 1. The van der Waals surface area contributed by atoms with E-state index in [1.807, 2.05) is 14.0 Å². The van der Waals surface area contributed by atoms with Crippen LogP contribution in [0.2, 0.25) is 0 Å². The van der Waals surface area contributed by atoms with Crippen molar-refractivity contribution in [2.75, 3.05) is 13.6 Å². The van der Waals surface area contributed by atoms with Crippen molar-refractivity contribution in [3.63, 3.8) is 0 Å². The summed E-state index contributed by atoms with van der Waals surface area (Å²) in [5.41, 5.74) is 0.535. The lowest BCUT2D eigenvalue weighted by molar-refractivity contribution is -0.818. The van der Waals surface area contributed by atoms with E-state index >= 15 is 0 Å². The highest BCUT2D eigenvalue weighted by Gasteiger charge is 2.23. The van der Waals surface area contributed by atoms with E-state index in [9.17, 15) is 4.79 Å². The largest absolute Gasteiger partial charge is 0.350 e. The number of quaternary nitrogens is 1. The first-order valence-corrected chi connectivity index (χ1v) is 5.33. The summed E-state index contributed by atoms with van der Waals surface area (Å²) in [6.07, 6.45) is 4.18. The van der Waals surface area contributed by atoms with Crippen LogP contribution in [0.3, 0.4) is 0 Å². The van der Waals surface area contributed by atoms with E-state index in [1.54, 1.807) is 19.6 Å². The third-order valence-electron chi connectivity index (χ3n) is 2.48. The van der Waals surface area contributed by atoms with Crippen LogP contribution in [0.4, 0.5) is 0 Å². The molecule has 2 unspecified atom stereocenters. The number of carbonyl (C=O) groups excluding carboxylic acids is 1. The predicted molar refractivity (Wildman–Crippen MR) is 65.1 cm³/mol. The third-order valence-corrected chi connectivity index (χ3v) is 2.48. The Bertz CT molecular complexity index is 334. The molecule has 1 rings (SSSR count). The molecule has 2 atom stereocenters. The predicted octanol–water partition coefficient (Wildman–Crippen LogP) is 0.889. The lowest BCUT2D eigenvalue weighted by atomic mass is 10.2. The van der Waals surface area contributed by atoms with Crippen LogP contribution in [0.1, 0.15) is 20.3 Å². The highest BCUT2D eigenvalue weighted by Crippen LogP contribution is 2.07. The molecule has 16 heavy (non-hydrogen) atoms. The van der Waals surface area contributed by atoms with Crippen LogP contribution in [0.5, 0.6) is 0 Å². The fourth-order valence-corrected chi connectivity index (χ4v) is 1.34. The zero-order valence-corrected chi connectivity index (χ0v) is 10.1. The molecule has 0 saturated heterocycles. The van der Waals surface area contributed by atoms with Gasteiger partial charge in [-0.2, -0.15) is 9.58 Å². The van der Waals surface area contributed by atoms with Crippen molar-refractivity contribution in [2.45, 2.75) is 26.3 Å². The molecule has 1 aliphatic rings. The summed E-state index contributed by atoms with van der Waals surface area (Å²) in [6.45, 7) is 8.09. The molecule has 5 nitrogen and oxygen atoms in total. The van der Waals surface area contributed by atoms with Gasteiger partial charge in [-0.05, 0) is 13.8 Å². The standard InChI is InChI=1S/C11H18N4O/c1-9(2)11(16)14-10(3)5-6-15(4)8-12-7-13-15/h7-8,10H,1,5-6H2,2-4H3/p+1. The van der Waals surface area contributed by atoms with E-state index in [1.165, 1.54) is 0 Å². The van der Waals surface area contributed by atoms with Gasteiger partial charge in [-0.15, -0.1) is 0 Å². The van der Waals surface area contributed by atoms with Gasteiger partial charge in [-0.25, -0.2) is 0 Å². The quantitative estimate of drug-likeness (QED) is 0.546. The van der Waals surface area contributed by atoms with Crippen molar-refractivity contribution in [1.82, 2.24) is 5.32 Å². The smallest absolute Gasteiger partial charge is 0.246 e. The monoisotopic (exact) mass is 223 g/mol. The molecule has 0 bridgehead atoms. The number of aliphatic imine (C=N–C) groups is 1. The number of hydrogen-bond acceptors (Lipinski definition) is 3. The lowest BCUT2D eigenvalue weighted by Gasteiger charge is -2.21. The minimum absolute atomic E-state index is 0.0891. The van der Waals surface area contributed by atoms with Gasteiger partial charge in [-0.1, -0.05) is 11.7 Å². The fourth-order valence-electron chi connectivity index (χ4n) is 1.34. The van der Waals surface area contributed by atoms with Crippen molar-refractivity contribution < 1.29 is 9.39 Å². The van der Waals surface area contributed by atoms with Crippen molar-refractivity contribution in [3.8, 4) is 0 Å². The van der Waals surface area contributed by atoms with Crippen LogP contribution < -0.4 is 5.32 Å². The van der Waals surface area contributed by atoms with Crippen LogP contribution in [0.25, 0.3) is 0 Å². The van der Waals surface area contributed by atoms with Crippen LogP contribution in [0, 0.1) is 0 Å². The normalized spacial score (nSPS) is 24.4. The number of hydrogen-bond donors (Lipinski definition) is 1. The molecular weight excluding hydrogens is 204 g/mol. The minimum atomic E-state index is -0.0891. The Morgan fingerprint density at radius 2 is 2.31 bits per heavy atom. The average Bonchev–Trinajstić information content (AvgIpc) is 2.63. The Balaban J connectivity index is 2.33. The van der Waals surface area contributed by atoms with Crippen molar-refractivity contribution in [1.29, 1.82) is 0 Å². The van der Waals surface area contributed by atoms with Crippen molar-refractivity contribution in [3.05, 3.63) is 12.2 Å². The molecule has 1 aliphatic heterocycles. The first-order chi connectivity index (χ1) is 7.43. The summed E-state index contributed by atoms with van der Waals surface area (Å²) in [6, 6.07) is 0.114. The van der Waals surface area contributed by atoms with E-state index in [-0.39, 0.29) is 11.9 Å². The second-order valence-corrected chi connectivity index (χ2v) is 4.38. The molecule has 0 spiro atoms. The number of rotatable bonds is 5. The van der Waals surface area contributed by atoms with Gasteiger partial charge in [0.05, 0.1) is 7.05 Å². The first kappa shape index (κ1) is 12.6. The molecule has 0 fully saturated rings. The zero-order valence-electron chi connectivity index (χ0n) is 10.1. The highest BCUT2D eigenvalue weighted by molar-refractivity contribution is 5.92. The molecule has 88 valence electrons. The van der Waals surface area contributed by atoms with E-state index < -0.39 is 0 Å². The molecule has 5 heteroatoms. The van der Waals surface area contributed by atoms with E-state index in [2.05, 4.69) is 22.0 Å². The van der Waals surface area contributed by atoms with Crippen LogP contribution in [-0.2, 0) is 4.79 Å². The lowest BCUT2D eigenvalue weighted by Crippen LogP contribution is -2.41. The summed E-state index contributed by atoms with van der Waals surface area (Å²) in [4.78, 5) is 15.3. The summed E-state index contributed by atoms with van der Waals surface area (Å²) >= 11 is 0. The summed E-state index contributed by atoms with van der Waals surface area (Å²) in [7, 11) is 1.97. The zero-order chi connectivity index (χ0) is 12.2. The van der Waals surface area contributed by atoms with Gasteiger partial charge in [0, 0.05) is 18.0 Å². The number of amides is 1. The molecule has 0 aromatic rings. The topological polar surface area (TPSA) is 53.8 Å². The SMILES string of the molecule is C=C(C)C(=O)NC(C)CC[N+]1(C)C=NC=N1. The van der Waals surface area contributed by atoms with Gasteiger partial charge in [0.2, 0.25) is 12.2 Å². The molecule has 0 aromatic heterocycles. The summed E-state index contributed by atoms with van der Waals surface area (Å²) < 4.78 is 0.452. The maximum absolute atomic E-state index is 11.4. The summed E-state index contributed by atoms with van der Waals surface area (Å²) in [5, 5.41) is 7.09. The Hall–Kier alpha value is -1.49. The second-order valence-electron chi connectivity index (χ2n) is 4.38. The maximum Gasteiger partial charge on any atom is 0.246 e. The third kappa shape index (κ3) is 3.58. The van der Waals surface area contributed by atoms with Crippen LogP contribution in [0.15, 0.2) is 22.2 Å². The Kier molecular flexibility index (Phi) is 3.95. The maximum atomic E-state index is 11.4. The van der Waals surface area contributed by atoms with E-state index in [0.29, 0.717) is 10.2 Å². The van der Waals surface area contributed by atoms with Gasteiger partial charge in [-0.3, -0.25) is 4.79 Å². The molecule has 0 aromatic carbocycles. The number of carbonyl (C=O) groups is 1. The van der Waals surface area contributed by atoms with Crippen LogP contribution in [-0.4, -0.2) is 42.8 Å². The Morgan fingerprint density at radius 1 is 1.62 bits per heavy atom. The highest BCUT2D eigenvalue weighted by atomic mass is 16.1.